The van der Waals surface area contributed by atoms with Crippen molar-refractivity contribution in [3.63, 3.8) is 0 Å². The van der Waals surface area contributed by atoms with Gasteiger partial charge in [-0.1, -0.05) is 36.4 Å². The summed E-state index contributed by atoms with van der Waals surface area (Å²) in [5.41, 5.74) is 3.20. The smallest absolute Gasteiger partial charge is 0.124 e. The molecule has 0 atom stereocenters. The number of rotatable bonds is 2. The first kappa shape index (κ1) is 12.4. The highest BCUT2D eigenvalue weighted by Crippen LogP contribution is 2.30. The predicted octanol–water partition coefficient (Wildman–Crippen LogP) is 3.96. The topological polar surface area (TPSA) is 12.0 Å². The van der Waals surface area contributed by atoms with E-state index in [1.807, 2.05) is 30.3 Å². The average Bonchev–Trinajstić information content (AvgIpc) is 2.48. The molecule has 0 aliphatic carbocycles. The minimum absolute atomic E-state index is 0.130. The van der Waals surface area contributed by atoms with Crippen LogP contribution in [-0.4, -0.2) is 13.1 Å². The summed E-state index contributed by atoms with van der Waals surface area (Å²) in [7, 11) is 0. The predicted molar refractivity (Wildman–Crippen MR) is 76.7 cm³/mol. The minimum Gasteiger partial charge on any atom is -0.317 e. The van der Waals surface area contributed by atoms with Gasteiger partial charge in [0.25, 0.3) is 0 Å². The van der Waals surface area contributed by atoms with E-state index in [0.717, 1.165) is 42.6 Å². The van der Waals surface area contributed by atoms with Gasteiger partial charge in [0, 0.05) is 0 Å². The Kier molecular flexibility index (Phi) is 3.60. The Morgan fingerprint density at radius 2 is 1.63 bits per heavy atom. The second-order valence-corrected chi connectivity index (χ2v) is 5.16. The van der Waals surface area contributed by atoms with E-state index in [4.69, 9.17) is 0 Å². The van der Waals surface area contributed by atoms with Gasteiger partial charge in [-0.15, -0.1) is 0 Å². The molecule has 2 heteroatoms. The number of benzene rings is 2. The van der Waals surface area contributed by atoms with Crippen LogP contribution in [-0.2, 0) is 0 Å². The SMILES string of the molecule is Fc1cc(-c2ccccc2)cc(C2CCNCC2)c1. The van der Waals surface area contributed by atoms with Crippen molar-refractivity contribution in [2.45, 2.75) is 18.8 Å². The number of halogens is 1. The average molecular weight is 255 g/mol. The van der Waals surface area contributed by atoms with Crippen molar-refractivity contribution >= 4 is 0 Å². The maximum Gasteiger partial charge on any atom is 0.124 e. The van der Waals surface area contributed by atoms with Crippen molar-refractivity contribution in [2.24, 2.45) is 0 Å². The van der Waals surface area contributed by atoms with Gasteiger partial charge in [0.2, 0.25) is 0 Å². The molecule has 1 saturated heterocycles. The summed E-state index contributed by atoms with van der Waals surface area (Å²) in [6.45, 7) is 2.06. The van der Waals surface area contributed by atoms with E-state index in [2.05, 4.69) is 11.4 Å². The van der Waals surface area contributed by atoms with Crippen LogP contribution in [0.1, 0.15) is 24.3 Å². The molecule has 0 saturated carbocycles. The van der Waals surface area contributed by atoms with Crippen molar-refractivity contribution in [3.05, 3.63) is 59.9 Å². The van der Waals surface area contributed by atoms with Gasteiger partial charge in [-0.2, -0.15) is 0 Å². The zero-order valence-electron chi connectivity index (χ0n) is 10.9. The molecule has 1 aliphatic heterocycles. The highest BCUT2D eigenvalue weighted by atomic mass is 19.1. The lowest BCUT2D eigenvalue weighted by atomic mass is 9.88. The summed E-state index contributed by atoms with van der Waals surface area (Å²) >= 11 is 0. The summed E-state index contributed by atoms with van der Waals surface area (Å²) in [6, 6.07) is 15.5. The summed E-state index contributed by atoms with van der Waals surface area (Å²) < 4.78 is 13.9. The van der Waals surface area contributed by atoms with E-state index < -0.39 is 0 Å². The van der Waals surface area contributed by atoms with Gasteiger partial charge >= 0.3 is 0 Å². The molecule has 0 bridgehead atoms. The van der Waals surface area contributed by atoms with Crippen molar-refractivity contribution in [1.82, 2.24) is 5.32 Å². The van der Waals surface area contributed by atoms with Crippen LogP contribution in [0.5, 0.6) is 0 Å². The van der Waals surface area contributed by atoms with E-state index in [1.54, 1.807) is 12.1 Å². The molecule has 2 aromatic carbocycles. The quantitative estimate of drug-likeness (QED) is 0.856. The zero-order valence-corrected chi connectivity index (χ0v) is 10.9. The third-order valence-electron chi connectivity index (χ3n) is 3.84. The Bertz CT molecular complexity index is 544. The first-order valence-electron chi connectivity index (χ1n) is 6.89. The van der Waals surface area contributed by atoms with Crippen LogP contribution in [0.25, 0.3) is 11.1 Å². The van der Waals surface area contributed by atoms with E-state index in [1.165, 1.54) is 0 Å². The Balaban J connectivity index is 1.96. The molecule has 0 radical (unpaired) electrons. The van der Waals surface area contributed by atoms with Gasteiger partial charge in [-0.05, 0) is 60.7 Å². The first-order chi connectivity index (χ1) is 9.33. The normalized spacial score (nSPS) is 16.5. The highest BCUT2D eigenvalue weighted by molar-refractivity contribution is 5.64. The van der Waals surface area contributed by atoms with Crippen LogP contribution in [0, 0.1) is 5.82 Å². The Hall–Kier alpha value is -1.67. The Labute approximate surface area is 113 Å². The van der Waals surface area contributed by atoms with Gasteiger partial charge in [-0.3, -0.25) is 0 Å². The second kappa shape index (κ2) is 5.54. The molecule has 0 amide bonds. The summed E-state index contributed by atoms with van der Waals surface area (Å²) in [6.07, 6.45) is 2.19. The van der Waals surface area contributed by atoms with Crippen molar-refractivity contribution in [1.29, 1.82) is 0 Å². The van der Waals surface area contributed by atoms with Crippen LogP contribution in [0.3, 0.4) is 0 Å². The summed E-state index contributed by atoms with van der Waals surface area (Å²) in [4.78, 5) is 0. The molecule has 0 spiro atoms. The minimum atomic E-state index is -0.130. The molecule has 19 heavy (non-hydrogen) atoms. The maximum absolute atomic E-state index is 13.9. The van der Waals surface area contributed by atoms with Crippen LogP contribution in [0.2, 0.25) is 0 Å². The molecule has 3 rings (SSSR count). The molecular formula is C17H18FN. The van der Waals surface area contributed by atoms with E-state index in [-0.39, 0.29) is 5.82 Å². The molecule has 1 N–H and O–H groups in total. The molecule has 0 aromatic heterocycles. The van der Waals surface area contributed by atoms with Gasteiger partial charge < -0.3 is 5.32 Å². The third kappa shape index (κ3) is 2.85. The Morgan fingerprint density at radius 3 is 2.37 bits per heavy atom. The van der Waals surface area contributed by atoms with E-state index in [9.17, 15) is 4.39 Å². The third-order valence-corrected chi connectivity index (χ3v) is 3.84. The standard InChI is InChI=1S/C17H18FN/c18-17-11-15(13-4-2-1-3-5-13)10-16(12-17)14-6-8-19-9-7-14/h1-5,10-12,14,19H,6-9H2. The fourth-order valence-electron chi connectivity index (χ4n) is 2.80. The lowest BCUT2D eigenvalue weighted by Gasteiger charge is -2.23. The van der Waals surface area contributed by atoms with E-state index in [0.29, 0.717) is 5.92 Å². The van der Waals surface area contributed by atoms with Gasteiger partial charge in [0.15, 0.2) is 0 Å². The summed E-state index contributed by atoms with van der Waals surface area (Å²) in [5, 5.41) is 3.35. The highest BCUT2D eigenvalue weighted by Gasteiger charge is 2.16. The van der Waals surface area contributed by atoms with E-state index >= 15 is 0 Å². The first-order valence-corrected chi connectivity index (χ1v) is 6.89. The maximum atomic E-state index is 13.9. The number of hydrogen-bond acceptors (Lipinski definition) is 1. The van der Waals surface area contributed by atoms with Crippen LogP contribution >= 0.6 is 0 Å². The molecule has 2 aromatic rings. The second-order valence-electron chi connectivity index (χ2n) is 5.16. The van der Waals surface area contributed by atoms with Crippen LogP contribution in [0.4, 0.5) is 4.39 Å². The molecule has 1 fully saturated rings. The lowest BCUT2D eigenvalue weighted by Crippen LogP contribution is -2.26. The Morgan fingerprint density at radius 1 is 0.895 bits per heavy atom. The molecule has 1 heterocycles. The molecule has 98 valence electrons. The van der Waals surface area contributed by atoms with Gasteiger partial charge in [0.05, 0.1) is 0 Å². The molecule has 1 nitrogen and oxygen atoms in total. The number of nitrogens with one attached hydrogen (secondary N) is 1. The van der Waals surface area contributed by atoms with Crippen LogP contribution in [0.15, 0.2) is 48.5 Å². The van der Waals surface area contributed by atoms with Gasteiger partial charge in [-0.25, -0.2) is 4.39 Å². The fourth-order valence-corrected chi connectivity index (χ4v) is 2.80. The monoisotopic (exact) mass is 255 g/mol. The van der Waals surface area contributed by atoms with Crippen molar-refractivity contribution < 1.29 is 4.39 Å². The summed E-state index contributed by atoms with van der Waals surface area (Å²) in [5.74, 6) is 0.356. The van der Waals surface area contributed by atoms with Crippen molar-refractivity contribution in [2.75, 3.05) is 13.1 Å². The number of piperidine rings is 1. The largest absolute Gasteiger partial charge is 0.317 e. The van der Waals surface area contributed by atoms with Crippen molar-refractivity contribution in [3.8, 4) is 11.1 Å². The molecule has 0 unspecified atom stereocenters. The van der Waals surface area contributed by atoms with Gasteiger partial charge in [0.1, 0.15) is 5.82 Å². The fraction of sp³-hybridized carbons (Fsp3) is 0.294. The molecule has 1 aliphatic rings. The molecular weight excluding hydrogens is 237 g/mol. The lowest BCUT2D eigenvalue weighted by molar-refractivity contribution is 0.458. The van der Waals surface area contributed by atoms with Crippen LogP contribution < -0.4 is 5.32 Å². The zero-order chi connectivity index (χ0) is 13.1. The number of hydrogen-bond donors (Lipinski definition) is 1.